The maximum atomic E-state index is 11.5. The van der Waals surface area contributed by atoms with E-state index in [1.807, 2.05) is 0 Å². The second-order valence-corrected chi connectivity index (χ2v) is 10.6. The van der Waals surface area contributed by atoms with Gasteiger partial charge >= 0.3 is 0 Å². The van der Waals surface area contributed by atoms with Gasteiger partial charge in [0.2, 0.25) is 5.91 Å². The van der Waals surface area contributed by atoms with Crippen LogP contribution in [-0.2, 0) is 17.8 Å². The van der Waals surface area contributed by atoms with Crippen LogP contribution in [0, 0.1) is 5.41 Å². The van der Waals surface area contributed by atoms with Crippen LogP contribution < -0.4 is 21.1 Å². The SMILES string of the molecule is C=CC[C@H](NC(C)=O)[C@H](O)CN[C@H]1CC2(CCC2)Oc2c1cc(CC(C)(C)C)nc2CN. The van der Waals surface area contributed by atoms with E-state index in [9.17, 15) is 9.90 Å². The van der Waals surface area contributed by atoms with E-state index in [-0.39, 0.29) is 29.0 Å². The zero-order chi connectivity index (χ0) is 23.5. The fraction of sp³-hybridized carbons (Fsp3) is 0.680. The number of aliphatic hydroxyl groups excluding tert-OH is 1. The first-order valence-corrected chi connectivity index (χ1v) is 11.8. The molecule has 0 bridgehead atoms. The summed E-state index contributed by atoms with van der Waals surface area (Å²) in [6, 6.07) is 1.80. The summed E-state index contributed by atoms with van der Waals surface area (Å²) in [5, 5.41) is 17.2. The van der Waals surface area contributed by atoms with E-state index in [1.165, 1.54) is 6.92 Å². The molecule has 0 aromatic carbocycles. The van der Waals surface area contributed by atoms with E-state index in [4.69, 9.17) is 15.5 Å². The Hall–Kier alpha value is -1.96. The largest absolute Gasteiger partial charge is 0.485 e. The molecule has 7 nitrogen and oxygen atoms in total. The summed E-state index contributed by atoms with van der Waals surface area (Å²) in [6.07, 6.45) is 6.38. The molecule has 3 rings (SSSR count). The van der Waals surface area contributed by atoms with E-state index in [0.717, 1.165) is 54.8 Å². The number of carbonyl (C=O) groups excluding carboxylic acids is 1. The first-order valence-electron chi connectivity index (χ1n) is 11.8. The minimum atomic E-state index is -0.731. The maximum absolute atomic E-state index is 11.5. The minimum absolute atomic E-state index is 0.0300. The van der Waals surface area contributed by atoms with Crippen LogP contribution in [0.4, 0.5) is 0 Å². The average molecular weight is 445 g/mol. The molecule has 1 aliphatic heterocycles. The van der Waals surface area contributed by atoms with Crippen molar-refractivity contribution in [3.63, 3.8) is 0 Å². The average Bonchev–Trinajstić information content (AvgIpc) is 2.68. The predicted octanol–water partition coefficient (Wildman–Crippen LogP) is 2.91. The summed E-state index contributed by atoms with van der Waals surface area (Å²) in [6.45, 7) is 12.5. The third-order valence-corrected chi connectivity index (χ3v) is 6.41. The predicted molar refractivity (Wildman–Crippen MR) is 126 cm³/mol. The molecule has 1 amide bonds. The Kier molecular flexibility index (Phi) is 7.63. The Morgan fingerprint density at radius 2 is 2.19 bits per heavy atom. The summed E-state index contributed by atoms with van der Waals surface area (Å²) < 4.78 is 6.52. The van der Waals surface area contributed by atoms with Gasteiger partial charge in [-0.1, -0.05) is 26.8 Å². The normalized spacial score (nSPS) is 21.1. The van der Waals surface area contributed by atoms with Crippen LogP contribution >= 0.6 is 0 Å². The third-order valence-electron chi connectivity index (χ3n) is 6.41. The molecule has 178 valence electrons. The number of amides is 1. The van der Waals surface area contributed by atoms with Crippen molar-refractivity contribution in [1.82, 2.24) is 15.6 Å². The molecule has 2 aliphatic rings. The van der Waals surface area contributed by atoms with Crippen LogP contribution in [0.2, 0.25) is 0 Å². The van der Waals surface area contributed by atoms with Crippen LogP contribution in [-0.4, -0.2) is 40.3 Å². The Bertz CT molecular complexity index is 829. The van der Waals surface area contributed by atoms with E-state index >= 15 is 0 Å². The number of rotatable bonds is 9. The fourth-order valence-corrected chi connectivity index (χ4v) is 4.77. The molecule has 1 aliphatic carbocycles. The fourth-order valence-electron chi connectivity index (χ4n) is 4.77. The van der Waals surface area contributed by atoms with Crippen molar-refractivity contribution in [2.75, 3.05) is 6.54 Å². The maximum Gasteiger partial charge on any atom is 0.217 e. The number of hydrogen-bond acceptors (Lipinski definition) is 6. The topological polar surface area (TPSA) is 110 Å². The molecule has 0 radical (unpaired) electrons. The summed E-state index contributed by atoms with van der Waals surface area (Å²) in [5.41, 5.74) is 8.91. The summed E-state index contributed by atoms with van der Waals surface area (Å²) in [5.74, 6) is 0.652. The highest BCUT2D eigenvalue weighted by atomic mass is 16.5. The van der Waals surface area contributed by atoms with Crippen molar-refractivity contribution in [2.45, 2.75) is 96.6 Å². The van der Waals surface area contributed by atoms with Gasteiger partial charge in [0.1, 0.15) is 11.4 Å². The molecule has 1 aromatic heterocycles. The number of pyridine rings is 1. The van der Waals surface area contributed by atoms with Crippen molar-refractivity contribution >= 4 is 5.91 Å². The highest BCUT2D eigenvalue weighted by Crippen LogP contribution is 2.50. The number of nitrogens with one attached hydrogen (secondary N) is 2. The van der Waals surface area contributed by atoms with Gasteiger partial charge < -0.3 is 26.2 Å². The smallest absolute Gasteiger partial charge is 0.217 e. The molecule has 1 spiro atoms. The lowest BCUT2D eigenvalue weighted by Crippen LogP contribution is -2.52. The zero-order valence-corrected chi connectivity index (χ0v) is 20.0. The Morgan fingerprint density at radius 1 is 1.47 bits per heavy atom. The molecular weight excluding hydrogens is 404 g/mol. The monoisotopic (exact) mass is 444 g/mol. The quantitative estimate of drug-likeness (QED) is 0.436. The molecule has 2 heterocycles. The first-order chi connectivity index (χ1) is 15.1. The van der Waals surface area contributed by atoms with Gasteiger partial charge in [-0.15, -0.1) is 6.58 Å². The molecule has 0 saturated heterocycles. The number of carbonyl (C=O) groups is 1. The lowest BCUT2D eigenvalue weighted by atomic mass is 9.72. The highest BCUT2D eigenvalue weighted by Gasteiger charge is 2.46. The zero-order valence-electron chi connectivity index (χ0n) is 20.0. The second kappa shape index (κ2) is 9.89. The molecule has 7 heteroatoms. The summed E-state index contributed by atoms with van der Waals surface area (Å²) in [7, 11) is 0. The third kappa shape index (κ3) is 5.88. The number of nitrogens with two attached hydrogens (primary N) is 1. The molecule has 32 heavy (non-hydrogen) atoms. The molecule has 1 fully saturated rings. The van der Waals surface area contributed by atoms with Gasteiger partial charge in [-0.25, -0.2) is 0 Å². The second-order valence-electron chi connectivity index (χ2n) is 10.6. The van der Waals surface area contributed by atoms with Crippen LogP contribution in [0.25, 0.3) is 0 Å². The van der Waals surface area contributed by atoms with Gasteiger partial charge in [0.15, 0.2) is 0 Å². The van der Waals surface area contributed by atoms with Crippen molar-refractivity contribution < 1.29 is 14.6 Å². The van der Waals surface area contributed by atoms with Gasteiger partial charge in [-0.2, -0.15) is 0 Å². The van der Waals surface area contributed by atoms with Gasteiger partial charge in [0, 0.05) is 43.7 Å². The van der Waals surface area contributed by atoms with E-state index in [1.54, 1.807) is 6.08 Å². The van der Waals surface area contributed by atoms with Crippen molar-refractivity contribution in [3.05, 3.63) is 35.7 Å². The molecule has 5 N–H and O–H groups in total. The van der Waals surface area contributed by atoms with Crippen molar-refractivity contribution in [1.29, 1.82) is 0 Å². The number of aromatic nitrogens is 1. The van der Waals surface area contributed by atoms with Crippen LogP contribution in [0.15, 0.2) is 18.7 Å². The minimum Gasteiger partial charge on any atom is -0.485 e. The number of aliphatic hydroxyl groups is 1. The summed E-state index contributed by atoms with van der Waals surface area (Å²) in [4.78, 5) is 16.4. The van der Waals surface area contributed by atoms with E-state index in [2.05, 4.69) is 44.1 Å². The number of hydrogen-bond donors (Lipinski definition) is 4. The number of ether oxygens (including phenoxy) is 1. The highest BCUT2D eigenvalue weighted by molar-refractivity contribution is 5.73. The van der Waals surface area contributed by atoms with Crippen LogP contribution in [0.1, 0.15) is 82.8 Å². The molecule has 1 aromatic rings. The summed E-state index contributed by atoms with van der Waals surface area (Å²) >= 11 is 0. The number of nitrogens with zero attached hydrogens (tertiary/aromatic N) is 1. The van der Waals surface area contributed by atoms with Gasteiger partial charge in [0.05, 0.1) is 17.8 Å². The Balaban J connectivity index is 1.86. The first kappa shape index (κ1) is 24.7. The number of fused-ring (bicyclic) bond motifs is 1. The van der Waals surface area contributed by atoms with Gasteiger partial charge in [0.25, 0.3) is 0 Å². The van der Waals surface area contributed by atoms with Crippen LogP contribution in [0.3, 0.4) is 0 Å². The van der Waals surface area contributed by atoms with Gasteiger partial charge in [-0.3, -0.25) is 9.78 Å². The van der Waals surface area contributed by atoms with Crippen molar-refractivity contribution in [2.24, 2.45) is 11.1 Å². The van der Waals surface area contributed by atoms with Crippen LogP contribution in [0.5, 0.6) is 5.75 Å². The standard InChI is InChI=1S/C25H40N4O3/c1-6-8-19(28-16(2)30)22(31)15-27-20-13-25(9-7-10-25)32-23-18(20)11-17(12-24(3,4)5)29-21(23)14-26/h6,11,19-20,22,27,31H,1,7-10,12-15,26H2,2-5H3,(H,28,30)/t19-,20-,22+/m0/s1. The Labute approximate surface area is 192 Å². The molecule has 3 atom stereocenters. The molecule has 0 unspecified atom stereocenters. The lowest BCUT2D eigenvalue weighted by molar-refractivity contribution is -0.120. The van der Waals surface area contributed by atoms with E-state index < -0.39 is 6.10 Å². The van der Waals surface area contributed by atoms with Gasteiger partial charge in [-0.05, 0) is 43.6 Å². The van der Waals surface area contributed by atoms with Crippen molar-refractivity contribution in [3.8, 4) is 5.75 Å². The van der Waals surface area contributed by atoms with E-state index in [0.29, 0.717) is 19.5 Å². The lowest BCUT2D eigenvalue weighted by Gasteiger charge is -2.48. The Morgan fingerprint density at radius 3 is 2.72 bits per heavy atom. The molecule has 1 saturated carbocycles. The molecular formula is C25H40N4O3.